The first kappa shape index (κ1) is 26.6. The van der Waals surface area contributed by atoms with Gasteiger partial charge >= 0.3 is 13.1 Å². The molecule has 2 rings (SSSR count). The lowest BCUT2D eigenvalue weighted by Gasteiger charge is -2.31. The van der Waals surface area contributed by atoms with Crippen LogP contribution in [0.5, 0.6) is 0 Å². The summed E-state index contributed by atoms with van der Waals surface area (Å²) in [5, 5.41) is 32.6. The third kappa shape index (κ3) is 14.2. The summed E-state index contributed by atoms with van der Waals surface area (Å²) < 4.78 is 0. The molecule has 0 amide bonds. The number of aliphatic hydroxyl groups is 1. The van der Waals surface area contributed by atoms with E-state index in [1.807, 2.05) is 0 Å². The summed E-state index contributed by atoms with van der Waals surface area (Å²) in [7, 11) is 0.384. The van der Waals surface area contributed by atoms with Crippen LogP contribution in [0.15, 0.2) is 0 Å². The highest BCUT2D eigenvalue weighted by molar-refractivity contribution is 6.40. The van der Waals surface area contributed by atoms with E-state index in [4.69, 9.17) is 20.3 Å². The van der Waals surface area contributed by atoms with Crippen molar-refractivity contribution in [3.8, 4) is 0 Å². The molecule has 1 saturated heterocycles. The zero-order valence-electron chi connectivity index (χ0n) is 16.2. The number of carboxylic acids is 1. The SMILES string of the molecule is CCB(O)O.CCO.CN.O=C(O)[C@H]1CCCCC1CN1CCCC1. The summed E-state index contributed by atoms with van der Waals surface area (Å²) >= 11 is 0. The summed E-state index contributed by atoms with van der Waals surface area (Å²) in [5.74, 6) is -0.229. The number of nitrogens with two attached hydrogens (primary N) is 1. The van der Waals surface area contributed by atoms with Gasteiger partial charge in [-0.05, 0) is 65.0 Å². The van der Waals surface area contributed by atoms with Crippen LogP contribution >= 0.6 is 0 Å². The molecule has 8 heteroatoms. The van der Waals surface area contributed by atoms with Gasteiger partial charge in [-0.3, -0.25) is 4.79 Å². The van der Waals surface area contributed by atoms with E-state index in [0.717, 1.165) is 25.8 Å². The van der Waals surface area contributed by atoms with Crippen LogP contribution < -0.4 is 5.73 Å². The van der Waals surface area contributed by atoms with Gasteiger partial charge in [-0.2, -0.15) is 0 Å². The minimum absolute atomic E-state index is 0.0700. The second-order valence-electron chi connectivity index (χ2n) is 6.20. The lowest BCUT2D eigenvalue weighted by molar-refractivity contribution is -0.145. The normalized spacial score (nSPS) is 22.4. The highest BCUT2D eigenvalue weighted by Gasteiger charge is 2.32. The maximum absolute atomic E-state index is 11.1. The van der Waals surface area contributed by atoms with Gasteiger partial charge in [-0.25, -0.2) is 0 Å². The molecule has 0 aromatic heterocycles. The van der Waals surface area contributed by atoms with Crippen LogP contribution in [0.4, 0.5) is 0 Å². The Labute approximate surface area is 153 Å². The number of rotatable bonds is 4. The number of likely N-dealkylation sites (tertiary alicyclic amines) is 1. The predicted octanol–water partition coefficient (Wildman–Crippen LogP) is 1.03. The van der Waals surface area contributed by atoms with Gasteiger partial charge in [-0.15, -0.1) is 0 Å². The lowest BCUT2D eigenvalue weighted by Crippen LogP contribution is -2.36. The van der Waals surface area contributed by atoms with E-state index >= 15 is 0 Å². The van der Waals surface area contributed by atoms with Gasteiger partial charge in [0.25, 0.3) is 0 Å². The van der Waals surface area contributed by atoms with Crippen LogP contribution in [-0.4, -0.2) is 71.5 Å². The van der Waals surface area contributed by atoms with Gasteiger partial charge in [0.2, 0.25) is 0 Å². The molecule has 2 aliphatic rings. The molecule has 1 aliphatic heterocycles. The number of carbonyl (C=O) groups is 1. The van der Waals surface area contributed by atoms with Crippen molar-refractivity contribution in [1.82, 2.24) is 4.90 Å². The van der Waals surface area contributed by atoms with E-state index in [0.29, 0.717) is 12.2 Å². The second kappa shape index (κ2) is 18.1. The first-order valence-electron chi connectivity index (χ1n) is 9.46. The zero-order chi connectivity index (χ0) is 19.7. The fraction of sp³-hybridized carbons (Fsp3) is 0.941. The first-order chi connectivity index (χ1) is 12.0. The molecular weight excluding hydrogens is 323 g/mol. The molecule has 0 spiro atoms. The molecule has 1 heterocycles. The Bertz CT molecular complexity index is 303. The van der Waals surface area contributed by atoms with Crippen molar-refractivity contribution in [1.29, 1.82) is 0 Å². The third-order valence-electron chi connectivity index (χ3n) is 4.28. The van der Waals surface area contributed by atoms with Gasteiger partial charge in [0.05, 0.1) is 5.92 Å². The molecule has 0 bridgehead atoms. The van der Waals surface area contributed by atoms with Crippen molar-refractivity contribution in [2.75, 3.05) is 33.3 Å². The smallest absolute Gasteiger partial charge is 0.451 e. The van der Waals surface area contributed by atoms with Crippen molar-refractivity contribution in [3.63, 3.8) is 0 Å². The predicted molar refractivity (Wildman–Crippen MR) is 102 cm³/mol. The standard InChI is InChI=1S/C12H21NO2.C2H7BO2.C2H6O.CH5N/c14-12(15)11-6-2-1-5-10(11)9-13-7-3-4-8-13;1-2-3(4)5;1-2-3;1-2/h10-11H,1-9H2,(H,14,15);4-5H,2H2,1H3;3H,2H2,1H3;2H2,1H3/t10?,11-;;;/m0.../s1. The summed E-state index contributed by atoms with van der Waals surface area (Å²) in [5.41, 5.74) is 4.50. The van der Waals surface area contributed by atoms with Crippen LogP contribution in [0.1, 0.15) is 52.4 Å². The largest absolute Gasteiger partial charge is 0.481 e. The van der Waals surface area contributed by atoms with Crippen LogP contribution in [0.2, 0.25) is 6.32 Å². The number of aliphatic hydroxyl groups excluding tert-OH is 1. The Morgan fingerprint density at radius 1 is 1.08 bits per heavy atom. The summed E-state index contributed by atoms with van der Waals surface area (Å²) in [6.07, 6.45) is 7.35. The Balaban J connectivity index is 0. The summed E-state index contributed by atoms with van der Waals surface area (Å²) in [4.78, 5) is 13.6. The molecular formula is C17H39BN2O5. The fourth-order valence-corrected chi connectivity index (χ4v) is 3.05. The third-order valence-corrected chi connectivity index (χ3v) is 4.28. The van der Waals surface area contributed by atoms with Gasteiger partial charge in [0, 0.05) is 13.2 Å². The van der Waals surface area contributed by atoms with Crippen LogP contribution in [-0.2, 0) is 4.79 Å². The van der Waals surface area contributed by atoms with Crippen LogP contribution in [0.3, 0.4) is 0 Å². The van der Waals surface area contributed by atoms with E-state index in [-0.39, 0.29) is 12.5 Å². The average molecular weight is 362 g/mol. The molecule has 1 saturated carbocycles. The molecule has 25 heavy (non-hydrogen) atoms. The van der Waals surface area contributed by atoms with Crippen molar-refractivity contribution in [2.45, 2.75) is 58.7 Å². The van der Waals surface area contributed by atoms with Gasteiger partial charge in [0.1, 0.15) is 0 Å². The van der Waals surface area contributed by atoms with E-state index in [9.17, 15) is 4.79 Å². The first-order valence-corrected chi connectivity index (χ1v) is 9.46. The highest BCUT2D eigenvalue weighted by atomic mass is 16.4. The Kier molecular flexibility index (Phi) is 19.3. The molecule has 6 N–H and O–H groups in total. The van der Waals surface area contributed by atoms with E-state index < -0.39 is 13.1 Å². The quantitative estimate of drug-likeness (QED) is 0.473. The van der Waals surface area contributed by atoms with Crippen LogP contribution in [0, 0.1) is 11.8 Å². The fourth-order valence-electron chi connectivity index (χ4n) is 3.05. The maximum atomic E-state index is 11.1. The number of carboxylic acid groups (broad SMARTS) is 1. The zero-order valence-corrected chi connectivity index (χ0v) is 16.2. The topological polar surface area (TPSA) is 127 Å². The summed E-state index contributed by atoms with van der Waals surface area (Å²) in [6.45, 7) is 7.02. The minimum atomic E-state index is -1.12. The maximum Gasteiger partial charge on any atom is 0.451 e. The Morgan fingerprint density at radius 2 is 1.52 bits per heavy atom. The van der Waals surface area contributed by atoms with Crippen LogP contribution in [0.25, 0.3) is 0 Å². The molecule has 150 valence electrons. The van der Waals surface area contributed by atoms with Gasteiger partial charge in [-0.1, -0.05) is 19.8 Å². The van der Waals surface area contributed by atoms with E-state index in [2.05, 4.69) is 10.6 Å². The summed E-state index contributed by atoms with van der Waals surface area (Å²) in [6, 6.07) is 0. The molecule has 1 aliphatic carbocycles. The molecule has 0 radical (unpaired) electrons. The number of aliphatic carboxylic acids is 1. The lowest BCUT2D eigenvalue weighted by atomic mass is 9.79. The molecule has 2 fully saturated rings. The Hall–Kier alpha value is -0.665. The van der Waals surface area contributed by atoms with E-state index in [1.165, 1.54) is 39.4 Å². The monoisotopic (exact) mass is 362 g/mol. The molecule has 0 aromatic rings. The highest BCUT2D eigenvalue weighted by Crippen LogP contribution is 2.31. The number of hydrogen-bond acceptors (Lipinski definition) is 6. The van der Waals surface area contributed by atoms with E-state index in [1.54, 1.807) is 13.8 Å². The van der Waals surface area contributed by atoms with Crippen molar-refractivity contribution < 1.29 is 25.1 Å². The Morgan fingerprint density at radius 3 is 1.92 bits per heavy atom. The molecule has 1 unspecified atom stereocenters. The van der Waals surface area contributed by atoms with Crippen molar-refractivity contribution in [2.24, 2.45) is 17.6 Å². The van der Waals surface area contributed by atoms with Crippen molar-refractivity contribution in [3.05, 3.63) is 0 Å². The average Bonchev–Trinajstić information content (AvgIpc) is 3.11. The van der Waals surface area contributed by atoms with Gasteiger partial charge in [0.15, 0.2) is 0 Å². The minimum Gasteiger partial charge on any atom is -0.481 e. The van der Waals surface area contributed by atoms with Crippen molar-refractivity contribution >= 4 is 13.1 Å². The molecule has 7 nitrogen and oxygen atoms in total. The number of nitrogens with zero attached hydrogens (tertiary/aromatic N) is 1. The molecule has 0 aromatic carbocycles. The second-order valence-corrected chi connectivity index (χ2v) is 6.20. The number of hydrogen-bond donors (Lipinski definition) is 5. The van der Waals surface area contributed by atoms with Gasteiger partial charge < -0.3 is 30.9 Å². The molecule has 2 atom stereocenters.